The van der Waals surface area contributed by atoms with Crippen molar-refractivity contribution >= 4 is 12.0 Å². The topological polar surface area (TPSA) is 84.7 Å². The van der Waals surface area contributed by atoms with Crippen molar-refractivity contribution in [2.75, 3.05) is 19.7 Å². The molecule has 0 unspecified atom stereocenters. The molecule has 1 heterocycles. The first kappa shape index (κ1) is 9.79. The van der Waals surface area contributed by atoms with Gasteiger partial charge in [0.25, 0.3) is 0 Å². The zero-order valence-electron chi connectivity index (χ0n) is 7.28. The van der Waals surface area contributed by atoms with Gasteiger partial charge >= 0.3 is 6.09 Å². The number of nitrogens with zero attached hydrogens (tertiary/aromatic N) is 1. The first-order valence-corrected chi connectivity index (χ1v) is 4.15. The summed E-state index contributed by atoms with van der Waals surface area (Å²) in [5, 5.41) is 0. The minimum atomic E-state index is -0.298. The molecule has 13 heavy (non-hydrogen) atoms. The fourth-order valence-electron chi connectivity index (χ4n) is 1.13. The predicted octanol–water partition coefficient (Wildman–Crippen LogP) is -0.791. The quantitative estimate of drug-likeness (QED) is 0.343. The first-order chi connectivity index (χ1) is 6.24. The van der Waals surface area contributed by atoms with Crippen molar-refractivity contribution in [2.24, 2.45) is 5.84 Å². The normalized spacial score (nSPS) is 15.8. The van der Waals surface area contributed by atoms with Gasteiger partial charge in [-0.05, 0) is 6.42 Å². The molecule has 74 valence electrons. The summed E-state index contributed by atoms with van der Waals surface area (Å²) in [6.07, 6.45) is 0.645. The third-order valence-electron chi connectivity index (χ3n) is 1.84. The number of hydrazine groups is 1. The summed E-state index contributed by atoms with van der Waals surface area (Å²) >= 11 is 0. The number of nitrogens with one attached hydrogen (secondary N) is 1. The summed E-state index contributed by atoms with van der Waals surface area (Å²) in [6.45, 7) is 1.61. The molecule has 6 nitrogen and oxygen atoms in total. The van der Waals surface area contributed by atoms with E-state index in [1.165, 1.54) is 0 Å². The van der Waals surface area contributed by atoms with Gasteiger partial charge in [0.1, 0.15) is 6.61 Å². The van der Waals surface area contributed by atoms with E-state index >= 15 is 0 Å². The first-order valence-electron chi connectivity index (χ1n) is 4.15. The Bertz CT molecular complexity index is 207. The standard InChI is InChI=1S/C7H13N3O3/c8-9-6(11)2-1-3-10-4-5-13-7(10)12/h1-5,8H2,(H,9,11). The lowest BCUT2D eigenvalue weighted by molar-refractivity contribution is -0.121. The molecular weight excluding hydrogens is 174 g/mol. The molecule has 6 heteroatoms. The van der Waals surface area contributed by atoms with Crippen molar-refractivity contribution in [3.8, 4) is 0 Å². The molecule has 2 amide bonds. The smallest absolute Gasteiger partial charge is 0.409 e. The molecule has 0 bridgehead atoms. The van der Waals surface area contributed by atoms with Gasteiger partial charge in [-0.1, -0.05) is 0 Å². The molecule has 1 aliphatic heterocycles. The van der Waals surface area contributed by atoms with Gasteiger partial charge in [-0.15, -0.1) is 0 Å². The Morgan fingerprint density at radius 3 is 3.00 bits per heavy atom. The minimum absolute atomic E-state index is 0.215. The van der Waals surface area contributed by atoms with Crippen LogP contribution in [-0.4, -0.2) is 36.6 Å². The maximum Gasteiger partial charge on any atom is 0.409 e. The summed E-state index contributed by atoms with van der Waals surface area (Å²) in [6, 6.07) is 0. The highest BCUT2D eigenvalue weighted by atomic mass is 16.6. The van der Waals surface area contributed by atoms with Crippen molar-refractivity contribution in [2.45, 2.75) is 12.8 Å². The van der Waals surface area contributed by atoms with E-state index in [0.29, 0.717) is 32.5 Å². The number of ether oxygens (including phenoxy) is 1. The summed E-state index contributed by atoms with van der Waals surface area (Å²) in [7, 11) is 0. The average Bonchev–Trinajstić information content (AvgIpc) is 2.52. The van der Waals surface area contributed by atoms with E-state index in [1.54, 1.807) is 4.90 Å². The van der Waals surface area contributed by atoms with Crippen LogP contribution in [0.2, 0.25) is 0 Å². The monoisotopic (exact) mass is 187 g/mol. The number of cyclic esters (lactones) is 1. The molecular formula is C7H13N3O3. The molecule has 0 saturated carbocycles. The second kappa shape index (κ2) is 4.66. The molecule has 1 rings (SSSR count). The fourth-order valence-corrected chi connectivity index (χ4v) is 1.13. The largest absolute Gasteiger partial charge is 0.448 e. The molecule has 1 aliphatic rings. The van der Waals surface area contributed by atoms with Crippen molar-refractivity contribution in [1.82, 2.24) is 10.3 Å². The molecule has 0 aromatic carbocycles. The van der Waals surface area contributed by atoms with Crippen LogP contribution in [0.25, 0.3) is 0 Å². The summed E-state index contributed by atoms with van der Waals surface area (Å²) in [5.41, 5.74) is 2.03. The Labute approximate surface area is 76.0 Å². The van der Waals surface area contributed by atoms with Crippen LogP contribution in [0.4, 0.5) is 4.79 Å². The molecule has 3 N–H and O–H groups in total. The fraction of sp³-hybridized carbons (Fsp3) is 0.714. The number of hydrogen-bond donors (Lipinski definition) is 2. The second-order valence-corrected chi connectivity index (χ2v) is 2.77. The second-order valence-electron chi connectivity index (χ2n) is 2.77. The van der Waals surface area contributed by atoms with Crippen LogP contribution in [0.5, 0.6) is 0 Å². The van der Waals surface area contributed by atoms with Crippen molar-refractivity contribution in [3.63, 3.8) is 0 Å². The zero-order chi connectivity index (χ0) is 9.68. The number of carbonyl (C=O) groups is 2. The van der Waals surface area contributed by atoms with Crippen LogP contribution in [-0.2, 0) is 9.53 Å². The van der Waals surface area contributed by atoms with Gasteiger partial charge in [-0.2, -0.15) is 0 Å². The Kier molecular flexibility index (Phi) is 3.51. The summed E-state index contributed by atoms with van der Waals surface area (Å²) in [5.74, 6) is 4.67. The number of rotatable bonds is 4. The van der Waals surface area contributed by atoms with Gasteiger partial charge in [0.15, 0.2) is 0 Å². The lowest BCUT2D eigenvalue weighted by Gasteiger charge is -2.10. The SMILES string of the molecule is NNC(=O)CCCN1CCOC1=O. The molecule has 0 spiro atoms. The zero-order valence-corrected chi connectivity index (χ0v) is 7.28. The summed E-state index contributed by atoms with van der Waals surface area (Å²) < 4.78 is 4.71. The lowest BCUT2D eigenvalue weighted by atomic mass is 10.3. The maximum atomic E-state index is 10.9. The number of hydrogen-bond acceptors (Lipinski definition) is 4. The van der Waals surface area contributed by atoms with Crippen LogP contribution in [0.15, 0.2) is 0 Å². The van der Waals surface area contributed by atoms with E-state index in [9.17, 15) is 9.59 Å². The molecule has 1 fully saturated rings. The average molecular weight is 187 g/mol. The van der Waals surface area contributed by atoms with Gasteiger partial charge in [-0.3, -0.25) is 10.2 Å². The predicted molar refractivity (Wildman–Crippen MR) is 44.5 cm³/mol. The highest BCUT2D eigenvalue weighted by molar-refractivity contribution is 5.75. The van der Waals surface area contributed by atoms with E-state index in [2.05, 4.69) is 0 Å². The van der Waals surface area contributed by atoms with Crippen LogP contribution in [0, 0.1) is 0 Å². The van der Waals surface area contributed by atoms with Crippen LogP contribution in [0.1, 0.15) is 12.8 Å². The Morgan fingerprint density at radius 2 is 2.46 bits per heavy atom. The van der Waals surface area contributed by atoms with Gasteiger partial charge in [-0.25, -0.2) is 10.6 Å². The van der Waals surface area contributed by atoms with E-state index in [-0.39, 0.29) is 12.0 Å². The number of nitrogens with two attached hydrogens (primary N) is 1. The van der Waals surface area contributed by atoms with Gasteiger partial charge in [0, 0.05) is 13.0 Å². The van der Waals surface area contributed by atoms with E-state index in [0.717, 1.165) is 0 Å². The third-order valence-corrected chi connectivity index (χ3v) is 1.84. The molecule has 0 atom stereocenters. The molecule has 0 aliphatic carbocycles. The third kappa shape index (κ3) is 2.90. The van der Waals surface area contributed by atoms with E-state index < -0.39 is 0 Å². The van der Waals surface area contributed by atoms with Gasteiger partial charge in [0.05, 0.1) is 6.54 Å². The van der Waals surface area contributed by atoms with Crippen molar-refractivity contribution in [1.29, 1.82) is 0 Å². The minimum Gasteiger partial charge on any atom is -0.448 e. The Balaban J connectivity index is 2.12. The highest BCUT2D eigenvalue weighted by Gasteiger charge is 2.20. The highest BCUT2D eigenvalue weighted by Crippen LogP contribution is 2.04. The van der Waals surface area contributed by atoms with Gasteiger partial charge in [0.2, 0.25) is 5.91 Å². The Morgan fingerprint density at radius 1 is 1.69 bits per heavy atom. The van der Waals surface area contributed by atoms with Crippen LogP contribution < -0.4 is 11.3 Å². The lowest BCUT2D eigenvalue weighted by Crippen LogP contribution is -2.31. The maximum absolute atomic E-state index is 10.9. The van der Waals surface area contributed by atoms with Crippen molar-refractivity contribution in [3.05, 3.63) is 0 Å². The number of amides is 2. The van der Waals surface area contributed by atoms with Crippen molar-refractivity contribution < 1.29 is 14.3 Å². The van der Waals surface area contributed by atoms with E-state index in [1.807, 2.05) is 5.43 Å². The summed E-state index contributed by atoms with van der Waals surface area (Å²) in [4.78, 5) is 23.2. The van der Waals surface area contributed by atoms with Gasteiger partial charge < -0.3 is 9.64 Å². The van der Waals surface area contributed by atoms with Crippen LogP contribution >= 0.6 is 0 Å². The van der Waals surface area contributed by atoms with E-state index in [4.69, 9.17) is 10.6 Å². The molecule has 0 aromatic heterocycles. The Hall–Kier alpha value is -1.30. The molecule has 1 saturated heterocycles. The van der Waals surface area contributed by atoms with Crippen LogP contribution in [0.3, 0.4) is 0 Å². The molecule has 0 aromatic rings. The number of carbonyl (C=O) groups excluding carboxylic acids is 2. The molecule has 0 radical (unpaired) electrons.